The number of fused-ring (bicyclic) bond motifs is 2. The molecule has 2 aliphatic rings. The Bertz CT molecular complexity index is 1300. The van der Waals surface area contributed by atoms with E-state index < -0.39 is 12.1 Å². The summed E-state index contributed by atoms with van der Waals surface area (Å²) in [6.07, 6.45) is 2.45. The molecule has 1 atom stereocenters. The molecule has 0 radical (unpaired) electrons. The van der Waals surface area contributed by atoms with Gasteiger partial charge in [-0.25, -0.2) is 9.78 Å². The zero-order valence-corrected chi connectivity index (χ0v) is 20.0. The first-order chi connectivity index (χ1) is 16.9. The van der Waals surface area contributed by atoms with Gasteiger partial charge in [-0.3, -0.25) is 4.79 Å². The summed E-state index contributed by atoms with van der Waals surface area (Å²) in [6, 6.07) is 10.7. The number of aryl methyl sites for hydroxylation is 2. The molecule has 2 heterocycles. The summed E-state index contributed by atoms with van der Waals surface area (Å²) in [7, 11) is 0. The van der Waals surface area contributed by atoms with Gasteiger partial charge in [-0.05, 0) is 68.0 Å². The highest BCUT2D eigenvalue weighted by Crippen LogP contribution is 2.34. The van der Waals surface area contributed by atoms with Gasteiger partial charge in [0.2, 0.25) is 12.6 Å². The largest absolute Gasteiger partial charge is 0.479 e. The van der Waals surface area contributed by atoms with E-state index in [2.05, 4.69) is 0 Å². The summed E-state index contributed by atoms with van der Waals surface area (Å²) in [5, 5.41) is 9.64. The van der Waals surface area contributed by atoms with Crippen LogP contribution in [0.25, 0.3) is 0 Å². The van der Waals surface area contributed by atoms with Crippen LogP contribution >= 0.6 is 11.6 Å². The molecule has 0 bridgehead atoms. The van der Waals surface area contributed by atoms with Crippen LogP contribution in [0.15, 0.2) is 36.4 Å². The number of carbonyl (C=O) groups is 2. The Morgan fingerprint density at radius 2 is 2.00 bits per heavy atom. The number of carboxylic acids is 1. The number of carbonyl (C=O) groups excluding carboxylic acids is 1. The summed E-state index contributed by atoms with van der Waals surface area (Å²) in [4.78, 5) is 29.2. The molecule has 3 aromatic rings. The van der Waals surface area contributed by atoms with Gasteiger partial charge in [0.15, 0.2) is 23.4 Å². The molecule has 0 fully saturated rings. The zero-order valence-electron chi connectivity index (χ0n) is 19.3. The minimum Gasteiger partial charge on any atom is -0.479 e. The first kappa shape index (κ1) is 23.4. The number of aromatic nitrogens is 2. The number of benzene rings is 2. The van der Waals surface area contributed by atoms with E-state index in [-0.39, 0.29) is 19.2 Å². The average molecular weight is 497 g/mol. The van der Waals surface area contributed by atoms with Gasteiger partial charge in [-0.2, -0.15) is 0 Å². The minimum absolute atomic E-state index is 0.149. The van der Waals surface area contributed by atoms with Gasteiger partial charge in [-0.1, -0.05) is 23.7 Å². The number of imidazole rings is 1. The first-order valence-corrected chi connectivity index (χ1v) is 11.9. The van der Waals surface area contributed by atoms with Crippen LogP contribution in [0.1, 0.15) is 52.0 Å². The molecule has 0 spiro atoms. The molecule has 1 unspecified atom stereocenters. The highest BCUT2D eigenvalue weighted by Gasteiger charge is 2.27. The number of hydrogen-bond acceptors (Lipinski definition) is 6. The molecule has 0 saturated carbocycles. The predicted octanol–water partition coefficient (Wildman–Crippen LogP) is 4.22. The number of halogens is 1. The molecule has 0 saturated heterocycles. The lowest BCUT2D eigenvalue weighted by Crippen LogP contribution is -2.19. The van der Waals surface area contributed by atoms with Gasteiger partial charge in [0.05, 0.1) is 12.3 Å². The van der Waals surface area contributed by atoms with Gasteiger partial charge in [0.25, 0.3) is 0 Å². The fraction of sp³-hybridized carbons (Fsp3) is 0.346. The van der Waals surface area contributed by atoms with E-state index >= 15 is 0 Å². The number of aliphatic carboxylic acids is 1. The standard InChI is InChI=1S/C26H25ClN2O6/c1-15(26(31)32)33-13-16-5-7-19(27)17(11-16)9-10-29-21-4-2-3-20(21)28-25(29)24(30)18-6-8-22-23(12-18)35-14-34-22/h5-8,11-12,15H,2-4,9-10,13-14H2,1H3,(H,31,32). The number of hydrogen-bond donors (Lipinski definition) is 1. The van der Waals surface area contributed by atoms with E-state index in [1.807, 2.05) is 16.7 Å². The van der Waals surface area contributed by atoms with Crippen LogP contribution in [0.5, 0.6) is 11.5 Å². The average Bonchev–Trinajstić information content (AvgIpc) is 3.58. The van der Waals surface area contributed by atoms with E-state index in [0.29, 0.717) is 40.9 Å². The lowest BCUT2D eigenvalue weighted by molar-refractivity contribution is -0.149. The molecule has 1 aliphatic heterocycles. The van der Waals surface area contributed by atoms with Crippen LogP contribution in [0.2, 0.25) is 5.02 Å². The maximum absolute atomic E-state index is 13.4. The zero-order chi connectivity index (χ0) is 24.5. The third kappa shape index (κ3) is 4.76. The maximum Gasteiger partial charge on any atom is 0.332 e. The summed E-state index contributed by atoms with van der Waals surface area (Å²) < 4.78 is 18.2. The van der Waals surface area contributed by atoms with Crippen molar-refractivity contribution in [1.29, 1.82) is 0 Å². The Kier molecular flexibility index (Phi) is 6.49. The van der Waals surface area contributed by atoms with Crippen LogP contribution in [0.3, 0.4) is 0 Å². The molecule has 1 aliphatic carbocycles. The van der Waals surface area contributed by atoms with Gasteiger partial charge in [-0.15, -0.1) is 0 Å². The van der Waals surface area contributed by atoms with Crippen LogP contribution in [0, 0.1) is 0 Å². The van der Waals surface area contributed by atoms with Crippen molar-refractivity contribution in [3.8, 4) is 11.5 Å². The molecule has 8 nitrogen and oxygen atoms in total. The molecular weight excluding hydrogens is 472 g/mol. The molecule has 1 N–H and O–H groups in total. The third-order valence-electron chi connectivity index (χ3n) is 6.38. The Balaban J connectivity index is 1.37. The van der Waals surface area contributed by atoms with Crippen molar-refractivity contribution in [2.75, 3.05) is 6.79 Å². The van der Waals surface area contributed by atoms with Gasteiger partial charge < -0.3 is 23.9 Å². The molecule has 0 amide bonds. The van der Waals surface area contributed by atoms with E-state index in [1.54, 1.807) is 24.3 Å². The van der Waals surface area contributed by atoms with Crippen molar-refractivity contribution in [2.24, 2.45) is 0 Å². The second-order valence-electron chi connectivity index (χ2n) is 8.70. The molecule has 9 heteroatoms. The Labute approximate surface area is 207 Å². The second kappa shape index (κ2) is 9.71. The molecule has 5 rings (SSSR count). The highest BCUT2D eigenvalue weighted by atomic mass is 35.5. The van der Waals surface area contributed by atoms with Crippen molar-refractivity contribution < 1.29 is 28.9 Å². The summed E-state index contributed by atoms with van der Waals surface area (Å²) in [6.45, 7) is 2.36. The number of ether oxygens (including phenoxy) is 3. The first-order valence-electron chi connectivity index (χ1n) is 11.5. The topological polar surface area (TPSA) is 99.9 Å². The quantitative estimate of drug-likeness (QED) is 0.443. The highest BCUT2D eigenvalue weighted by molar-refractivity contribution is 6.31. The molecule has 2 aromatic carbocycles. The number of nitrogens with zero attached hydrogens (tertiary/aromatic N) is 2. The summed E-state index contributed by atoms with van der Waals surface area (Å²) >= 11 is 6.47. The molecule has 35 heavy (non-hydrogen) atoms. The van der Waals surface area contributed by atoms with Crippen LogP contribution in [0.4, 0.5) is 0 Å². The van der Waals surface area contributed by atoms with E-state index in [4.69, 9.17) is 35.9 Å². The fourth-order valence-corrected chi connectivity index (χ4v) is 4.67. The molecule has 182 valence electrons. The van der Waals surface area contributed by atoms with Crippen LogP contribution in [-0.4, -0.2) is 39.3 Å². The van der Waals surface area contributed by atoms with Crippen molar-refractivity contribution in [3.63, 3.8) is 0 Å². The van der Waals surface area contributed by atoms with Crippen LogP contribution < -0.4 is 9.47 Å². The number of rotatable bonds is 9. The predicted molar refractivity (Wildman–Crippen MR) is 127 cm³/mol. The normalized spacial score (nSPS) is 14.7. The molecular formula is C26H25ClN2O6. The van der Waals surface area contributed by atoms with E-state index in [9.17, 15) is 9.59 Å². The Morgan fingerprint density at radius 3 is 2.83 bits per heavy atom. The smallest absolute Gasteiger partial charge is 0.332 e. The van der Waals surface area contributed by atoms with Crippen LogP contribution in [-0.2, 0) is 41.9 Å². The SMILES string of the molecule is CC(OCc1ccc(Cl)c(CCn2c(C(=O)c3ccc4c(c3)OCO4)nc3c2CCC3)c1)C(=O)O. The fourth-order valence-electron chi connectivity index (χ4n) is 4.45. The van der Waals surface area contributed by atoms with Gasteiger partial charge in [0, 0.05) is 22.8 Å². The monoisotopic (exact) mass is 496 g/mol. The van der Waals surface area contributed by atoms with Crippen molar-refractivity contribution in [3.05, 3.63) is 75.3 Å². The third-order valence-corrected chi connectivity index (χ3v) is 6.75. The van der Waals surface area contributed by atoms with E-state index in [1.165, 1.54) is 6.92 Å². The summed E-state index contributed by atoms with van der Waals surface area (Å²) in [5.74, 6) is 0.439. The second-order valence-corrected chi connectivity index (χ2v) is 9.11. The van der Waals surface area contributed by atoms with Crippen molar-refractivity contribution >= 4 is 23.4 Å². The van der Waals surface area contributed by atoms with Crippen molar-refractivity contribution in [2.45, 2.75) is 51.9 Å². The Morgan fingerprint density at radius 1 is 1.17 bits per heavy atom. The molecule has 1 aromatic heterocycles. The minimum atomic E-state index is -1.01. The van der Waals surface area contributed by atoms with E-state index in [0.717, 1.165) is 41.8 Å². The van der Waals surface area contributed by atoms with Gasteiger partial charge in [0.1, 0.15) is 0 Å². The number of ketones is 1. The van der Waals surface area contributed by atoms with Crippen molar-refractivity contribution in [1.82, 2.24) is 9.55 Å². The number of carboxylic acid groups (broad SMARTS) is 1. The Hall–Kier alpha value is -3.36. The summed E-state index contributed by atoms with van der Waals surface area (Å²) in [5.41, 5.74) is 4.32. The van der Waals surface area contributed by atoms with Gasteiger partial charge >= 0.3 is 5.97 Å². The lowest BCUT2D eigenvalue weighted by atomic mass is 10.1. The lowest BCUT2D eigenvalue weighted by Gasteiger charge is -2.13. The maximum atomic E-state index is 13.4.